The Balaban J connectivity index is 1.39. The molecule has 0 spiro atoms. The molecule has 1 fully saturated rings. The van der Waals surface area contributed by atoms with E-state index in [9.17, 15) is 4.79 Å². The van der Waals surface area contributed by atoms with E-state index in [-0.39, 0.29) is 11.8 Å². The smallest absolute Gasteiger partial charge is 0.179 e. The third kappa shape index (κ3) is 4.26. The standard InChI is InChI=1S/C26H26N6O/c1-18-17-31(12-13-32(18)25-16-27-24(15-28-25)19(2)33)26-22-11-7-6-10-21(22)23(29-30-26)14-20-8-4-3-5-9-20/h3-11,15-16,18H,12-14,17H2,1-2H3. The summed E-state index contributed by atoms with van der Waals surface area (Å²) in [6.07, 6.45) is 4.01. The fourth-order valence-electron chi connectivity index (χ4n) is 4.44. The molecule has 2 aromatic carbocycles. The number of nitrogens with zero attached hydrogens (tertiary/aromatic N) is 6. The van der Waals surface area contributed by atoms with Crippen molar-refractivity contribution in [1.82, 2.24) is 20.2 Å². The highest BCUT2D eigenvalue weighted by Crippen LogP contribution is 2.29. The van der Waals surface area contributed by atoms with Gasteiger partial charge in [-0.3, -0.25) is 4.79 Å². The average Bonchev–Trinajstić information content (AvgIpc) is 2.85. The Kier molecular flexibility index (Phi) is 5.69. The Morgan fingerprint density at radius 2 is 1.70 bits per heavy atom. The van der Waals surface area contributed by atoms with Gasteiger partial charge in [-0.1, -0.05) is 54.6 Å². The summed E-state index contributed by atoms with van der Waals surface area (Å²) in [7, 11) is 0. The highest BCUT2D eigenvalue weighted by molar-refractivity contribution is 5.94. The van der Waals surface area contributed by atoms with Crippen LogP contribution in [0, 0.1) is 0 Å². The molecular weight excluding hydrogens is 412 g/mol. The number of rotatable bonds is 5. The van der Waals surface area contributed by atoms with Crippen LogP contribution in [-0.2, 0) is 6.42 Å². The van der Waals surface area contributed by atoms with E-state index in [1.54, 1.807) is 12.4 Å². The SMILES string of the molecule is CC(=O)c1cnc(N2CCN(c3nnc(Cc4ccccc4)c4ccccc34)CC2C)cn1. The number of fused-ring (bicyclic) bond motifs is 1. The fourth-order valence-corrected chi connectivity index (χ4v) is 4.44. The maximum Gasteiger partial charge on any atom is 0.179 e. The molecule has 7 nitrogen and oxygen atoms in total. The van der Waals surface area contributed by atoms with Crippen molar-refractivity contribution in [2.24, 2.45) is 0 Å². The number of ketones is 1. The zero-order valence-corrected chi connectivity index (χ0v) is 18.8. The van der Waals surface area contributed by atoms with Gasteiger partial charge in [-0.25, -0.2) is 9.97 Å². The van der Waals surface area contributed by atoms with Crippen molar-refractivity contribution in [2.45, 2.75) is 26.3 Å². The number of piperazine rings is 1. The average molecular weight is 439 g/mol. The van der Waals surface area contributed by atoms with Gasteiger partial charge in [0.15, 0.2) is 11.6 Å². The lowest BCUT2D eigenvalue weighted by atomic mass is 10.0. The topological polar surface area (TPSA) is 75.1 Å². The van der Waals surface area contributed by atoms with Crippen LogP contribution in [0.2, 0.25) is 0 Å². The lowest BCUT2D eigenvalue weighted by Crippen LogP contribution is -2.52. The van der Waals surface area contributed by atoms with E-state index in [0.29, 0.717) is 5.69 Å². The predicted octanol–water partition coefficient (Wildman–Crippen LogP) is 3.93. The molecule has 7 heteroatoms. The summed E-state index contributed by atoms with van der Waals surface area (Å²) < 4.78 is 0. The second-order valence-electron chi connectivity index (χ2n) is 8.48. The van der Waals surface area contributed by atoms with E-state index in [1.807, 2.05) is 6.07 Å². The van der Waals surface area contributed by atoms with Crippen LogP contribution in [-0.4, -0.2) is 51.6 Å². The van der Waals surface area contributed by atoms with Crippen molar-refractivity contribution in [3.8, 4) is 0 Å². The van der Waals surface area contributed by atoms with E-state index in [2.05, 4.69) is 85.4 Å². The van der Waals surface area contributed by atoms with Gasteiger partial charge >= 0.3 is 0 Å². The van der Waals surface area contributed by atoms with Gasteiger partial charge in [0.25, 0.3) is 0 Å². The van der Waals surface area contributed by atoms with E-state index >= 15 is 0 Å². The highest BCUT2D eigenvalue weighted by atomic mass is 16.1. The van der Waals surface area contributed by atoms with Crippen LogP contribution in [0.3, 0.4) is 0 Å². The minimum atomic E-state index is -0.0759. The van der Waals surface area contributed by atoms with Crippen LogP contribution in [0.1, 0.15) is 35.6 Å². The minimum absolute atomic E-state index is 0.0759. The Morgan fingerprint density at radius 1 is 0.939 bits per heavy atom. The molecule has 0 bridgehead atoms. The Labute approximate surface area is 193 Å². The normalized spacial score (nSPS) is 16.2. The second kappa shape index (κ2) is 8.94. The maximum absolute atomic E-state index is 11.5. The summed E-state index contributed by atoms with van der Waals surface area (Å²) in [6, 6.07) is 19.0. The quantitative estimate of drug-likeness (QED) is 0.437. The minimum Gasteiger partial charge on any atom is -0.351 e. The zero-order valence-electron chi connectivity index (χ0n) is 18.8. The Hall–Kier alpha value is -3.87. The molecule has 1 atom stereocenters. The van der Waals surface area contributed by atoms with Gasteiger partial charge < -0.3 is 9.80 Å². The van der Waals surface area contributed by atoms with Gasteiger partial charge in [0.2, 0.25) is 0 Å². The molecule has 33 heavy (non-hydrogen) atoms. The molecule has 1 aliphatic heterocycles. The first-order valence-corrected chi connectivity index (χ1v) is 11.2. The number of hydrogen-bond acceptors (Lipinski definition) is 7. The van der Waals surface area contributed by atoms with Gasteiger partial charge in [0.1, 0.15) is 11.5 Å². The fraction of sp³-hybridized carbons (Fsp3) is 0.269. The van der Waals surface area contributed by atoms with E-state index in [1.165, 1.54) is 12.5 Å². The van der Waals surface area contributed by atoms with Crippen LogP contribution >= 0.6 is 0 Å². The molecule has 4 aromatic rings. The summed E-state index contributed by atoms with van der Waals surface area (Å²) in [5.41, 5.74) is 2.61. The van der Waals surface area contributed by atoms with Crippen LogP contribution in [0.25, 0.3) is 10.8 Å². The van der Waals surface area contributed by atoms with E-state index in [4.69, 9.17) is 0 Å². The van der Waals surface area contributed by atoms with Crippen molar-refractivity contribution >= 4 is 28.2 Å². The number of carbonyl (C=O) groups is 1. The van der Waals surface area contributed by atoms with Gasteiger partial charge in [0, 0.05) is 49.8 Å². The van der Waals surface area contributed by atoms with Crippen molar-refractivity contribution < 1.29 is 4.79 Å². The lowest BCUT2D eigenvalue weighted by Gasteiger charge is -2.41. The molecule has 5 rings (SSSR count). The Morgan fingerprint density at radius 3 is 2.39 bits per heavy atom. The number of carbonyl (C=O) groups excluding carboxylic acids is 1. The van der Waals surface area contributed by atoms with Gasteiger partial charge in [-0.15, -0.1) is 5.10 Å². The van der Waals surface area contributed by atoms with Gasteiger partial charge in [-0.2, -0.15) is 5.10 Å². The summed E-state index contributed by atoms with van der Waals surface area (Å²) in [4.78, 5) is 24.8. The molecule has 1 saturated heterocycles. The van der Waals surface area contributed by atoms with Crippen molar-refractivity contribution in [3.63, 3.8) is 0 Å². The van der Waals surface area contributed by atoms with Gasteiger partial charge in [0.05, 0.1) is 18.1 Å². The van der Waals surface area contributed by atoms with E-state index in [0.717, 1.165) is 54.2 Å². The summed E-state index contributed by atoms with van der Waals surface area (Å²) in [5, 5.41) is 11.6. The first-order chi connectivity index (χ1) is 16.1. The molecule has 1 unspecified atom stereocenters. The first kappa shape index (κ1) is 21.0. The van der Waals surface area contributed by atoms with Crippen molar-refractivity contribution in [3.05, 3.63) is 83.9 Å². The number of benzene rings is 2. The molecule has 0 saturated carbocycles. The number of Topliss-reactive ketones (excluding diaryl/α,β-unsaturated/α-hetero) is 1. The van der Waals surface area contributed by atoms with Crippen LogP contribution < -0.4 is 9.80 Å². The van der Waals surface area contributed by atoms with Crippen molar-refractivity contribution in [2.75, 3.05) is 29.4 Å². The van der Waals surface area contributed by atoms with Gasteiger partial charge in [-0.05, 0) is 12.5 Å². The lowest BCUT2D eigenvalue weighted by molar-refractivity contribution is 0.101. The molecule has 0 radical (unpaired) electrons. The third-order valence-electron chi connectivity index (χ3n) is 6.18. The maximum atomic E-state index is 11.5. The molecule has 2 aromatic heterocycles. The monoisotopic (exact) mass is 438 g/mol. The van der Waals surface area contributed by atoms with Crippen LogP contribution in [0.5, 0.6) is 0 Å². The second-order valence-corrected chi connectivity index (χ2v) is 8.48. The van der Waals surface area contributed by atoms with E-state index < -0.39 is 0 Å². The summed E-state index contributed by atoms with van der Waals surface area (Å²) in [5.74, 6) is 1.64. The number of aromatic nitrogens is 4. The predicted molar refractivity (Wildman–Crippen MR) is 130 cm³/mol. The van der Waals surface area contributed by atoms with Crippen LogP contribution in [0.4, 0.5) is 11.6 Å². The summed E-state index contributed by atoms with van der Waals surface area (Å²) >= 11 is 0. The number of hydrogen-bond donors (Lipinski definition) is 0. The third-order valence-corrected chi connectivity index (χ3v) is 6.18. The molecule has 166 valence electrons. The molecule has 0 N–H and O–H groups in total. The molecule has 1 aliphatic rings. The molecule has 3 heterocycles. The van der Waals surface area contributed by atoms with Crippen molar-refractivity contribution in [1.29, 1.82) is 0 Å². The highest BCUT2D eigenvalue weighted by Gasteiger charge is 2.27. The molecule has 0 aliphatic carbocycles. The number of anilines is 2. The Bertz CT molecular complexity index is 1280. The molecule has 0 amide bonds. The zero-order chi connectivity index (χ0) is 22.8. The largest absolute Gasteiger partial charge is 0.351 e. The summed E-state index contributed by atoms with van der Waals surface area (Å²) in [6.45, 7) is 6.06. The first-order valence-electron chi connectivity index (χ1n) is 11.2. The molecular formula is C26H26N6O. The van der Waals surface area contributed by atoms with Crippen LogP contribution in [0.15, 0.2) is 67.0 Å².